The van der Waals surface area contributed by atoms with Crippen LogP contribution in [0.1, 0.15) is 11.6 Å². The highest BCUT2D eigenvalue weighted by molar-refractivity contribution is 5.90. The van der Waals surface area contributed by atoms with Gasteiger partial charge in [0, 0.05) is 30.2 Å². The first-order chi connectivity index (χ1) is 13.6. The van der Waals surface area contributed by atoms with Crippen molar-refractivity contribution >= 4 is 10.9 Å². The summed E-state index contributed by atoms with van der Waals surface area (Å²) >= 11 is 0. The molecule has 0 spiro atoms. The van der Waals surface area contributed by atoms with Gasteiger partial charge < -0.3 is 14.6 Å². The van der Waals surface area contributed by atoms with Gasteiger partial charge in [0.05, 0.1) is 49.2 Å². The topological polar surface area (TPSA) is 87.2 Å². The monoisotopic (exact) mass is 377 g/mol. The van der Waals surface area contributed by atoms with Gasteiger partial charge in [0.2, 0.25) is 5.88 Å². The quantitative estimate of drug-likeness (QED) is 0.588. The molecule has 0 aliphatic carbocycles. The van der Waals surface area contributed by atoms with E-state index in [9.17, 15) is 5.11 Å². The van der Waals surface area contributed by atoms with Gasteiger partial charge in [-0.25, -0.2) is 4.98 Å². The fraction of sp³-hybridized carbons (Fsp3) is 0.250. The van der Waals surface area contributed by atoms with E-state index in [1.807, 2.05) is 36.0 Å². The van der Waals surface area contributed by atoms with Crippen LogP contribution in [0.3, 0.4) is 0 Å². The van der Waals surface area contributed by atoms with Gasteiger partial charge in [-0.2, -0.15) is 5.10 Å². The molecule has 0 amide bonds. The standard InChI is InChI=1S/C20H19N5O3/c1-12-5-16(13-6-15(27-2)8-21-7-13)22-17-9-24(20(26)19(12)17)18-3-4-25(23-18)14-10-28-11-14/h3-9,14,26H,10-11H2,1-2H3. The molecule has 1 N–H and O–H groups in total. The maximum absolute atomic E-state index is 10.8. The number of methoxy groups -OCH3 is 1. The lowest BCUT2D eigenvalue weighted by atomic mass is 10.1. The van der Waals surface area contributed by atoms with Crippen molar-refractivity contribution in [2.45, 2.75) is 13.0 Å². The van der Waals surface area contributed by atoms with Crippen LogP contribution in [-0.2, 0) is 4.74 Å². The number of hydrogen-bond acceptors (Lipinski definition) is 6. The molecule has 8 heteroatoms. The molecule has 0 bridgehead atoms. The van der Waals surface area contributed by atoms with Gasteiger partial charge in [-0.1, -0.05) is 0 Å². The van der Waals surface area contributed by atoms with Crippen LogP contribution in [0.5, 0.6) is 11.6 Å². The molecule has 0 aromatic carbocycles. The summed E-state index contributed by atoms with van der Waals surface area (Å²) in [6.07, 6.45) is 7.11. The van der Waals surface area contributed by atoms with Crippen molar-refractivity contribution in [3.63, 3.8) is 0 Å². The number of nitrogens with zero attached hydrogens (tertiary/aromatic N) is 5. The van der Waals surface area contributed by atoms with E-state index in [1.165, 1.54) is 0 Å². The van der Waals surface area contributed by atoms with Gasteiger partial charge in [0.1, 0.15) is 5.75 Å². The molecule has 5 rings (SSSR count). The Balaban J connectivity index is 1.60. The zero-order chi connectivity index (χ0) is 19.3. The Morgan fingerprint density at radius 2 is 2.11 bits per heavy atom. The molecule has 142 valence electrons. The molecule has 1 fully saturated rings. The molecule has 4 aromatic heterocycles. The Morgan fingerprint density at radius 1 is 1.25 bits per heavy atom. The molecule has 8 nitrogen and oxygen atoms in total. The molecule has 5 heterocycles. The van der Waals surface area contributed by atoms with Crippen LogP contribution in [0, 0.1) is 6.92 Å². The second-order valence-electron chi connectivity index (χ2n) is 6.87. The molecule has 1 saturated heterocycles. The lowest BCUT2D eigenvalue weighted by Gasteiger charge is -2.25. The predicted molar refractivity (Wildman–Crippen MR) is 103 cm³/mol. The zero-order valence-corrected chi connectivity index (χ0v) is 15.5. The van der Waals surface area contributed by atoms with Crippen LogP contribution in [0.25, 0.3) is 28.0 Å². The summed E-state index contributed by atoms with van der Waals surface area (Å²) < 4.78 is 14.0. The van der Waals surface area contributed by atoms with Crippen LogP contribution in [0.2, 0.25) is 0 Å². The number of rotatable bonds is 4. The molecule has 1 aliphatic rings. The van der Waals surface area contributed by atoms with E-state index in [1.54, 1.807) is 30.3 Å². The third kappa shape index (κ3) is 2.61. The summed E-state index contributed by atoms with van der Waals surface area (Å²) in [5, 5.41) is 16.1. The minimum atomic E-state index is 0.130. The molecule has 28 heavy (non-hydrogen) atoms. The Labute approximate surface area is 161 Å². The van der Waals surface area contributed by atoms with Gasteiger partial charge in [-0.15, -0.1) is 0 Å². The summed E-state index contributed by atoms with van der Waals surface area (Å²) in [4.78, 5) is 8.93. The SMILES string of the molecule is COc1cncc(-c2cc(C)c3c(O)n(-c4ccn(C5COC5)n4)cc3n2)c1. The van der Waals surface area contributed by atoms with Crippen molar-refractivity contribution in [3.8, 4) is 28.7 Å². The molecule has 0 atom stereocenters. The van der Waals surface area contributed by atoms with E-state index < -0.39 is 0 Å². The first-order valence-corrected chi connectivity index (χ1v) is 8.98. The third-order valence-corrected chi connectivity index (χ3v) is 5.03. The fourth-order valence-corrected chi connectivity index (χ4v) is 3.41. The average Bonchev–Trinajstić information content (AvgIpc) is 3.25. The van der Waals surface area contributed by atoms with Crippen LogP contribution >= 0.6 is 0 Å². The number of fused-ring (bicyclic) bond motifs is 1. The second kappa shape index (κ2) is 6.35. The Morgan fingerprint density at radius 3 is 2.86 bits per heavy atom. The zero-order valence-electron chi connectivity index (χ0n) is 15.5. The molecule has 0 unspecified atom stereocenters. The Kier molecular flexibility index (Phi) is 3.80. The van der Waals surface area contributed by atoms with E-state index >= 15 is 0 Å². The number of ether oxygens (including phenoxy) is 2. The fourth-order valence-electron chi connectivity index (χ4n) is 3.41. The maximum Gasteiger partial charge on any atom is 0.206 e. The normalized spacial score (nSPS) is 14.4. The number of aromatic nitrogens is 5. The van der Waals surface area contributed by atoms with E-state index in [4.69, 9.17) is 14.5 Å². The van der Waals surface area contributed by atoms with Crippen molar-refractivity contribution in [1.29, 1.82) is 0 Å². The molecule has 0 radical (unpaired) electrons. The predicted octanol–water partition coefficient (Wildman–Crippen LogP) is 2.88. The van der Waals surface area contributed by atoms with Crippen molar-refractivity contribution < 1.29 is 14.6 Å². The smallest absolute Gasteiger partial charge is 0.206 e. The Hall–Kier alpha value is -3.39. The van der Waals surface area contributed by atoms with E-state index in [0.717, 1.165) is 16.8 Å². The summed E-state index contributed by atoms with van der Waals surface area (Å²) in [5.41, 5.74) is 3.24. The van der Waals surface area contributed by atoms with Gasteiger partial charge in [0.15, 0.2) is 5.82 Å². The highest BCUT2D eigenvalue weighted by atomic mass is 16.5. The maximum atomic E-state index is 10.8. The van der Waals surface area contributed by atoms with E-state index in [2.05, 4.69) is 10.1 Å². The highest BCUT2D eigenvalue weighted by Gasteiger charge is 2.22. The first-order valence-electron chi connectivity index (χ1n) is 8.98. The number of hydrogen-bond donors (Lipinski definition) is 1. The largest absolute Gasteiger partial charge is 0.495 e. The Bertz CT molecular complexity index is 1180. The van der Waals surface area contributed by atoms with Crippen LogP contribution in [0.4, 0.5) is 0 Å². The summed E-state index contributed by atoms with van der Waals surface area (Å²) in [6, 6.07) is 5.96. The van der Waals surface area contributed by atoms with Crippen molar-refractivity contribution in [1.82, 2.24) is 24.3 Å². The number of pyridine rings is 2. The minimum Gasteiger partial charge on any atom is -0.495 e. The van der Waals surface area contributed by atoms with Crippen molar-refractivity contribution in [2.75, 3.05) is 20.3 Å². The summed E-state index contributed by atoms with van der Waals surface area (Å²) in [6.45, 7) is 3.29. The number of aromatic hydroxyl groups is 1. The summed E-state index contributed by atoms with van der Waals surface area (Å²) in [7, 11) is 1.61. The lowest BCUT2D eigenvalue weighted by Crippen LogP contribution is -2.31. The van der Waals surface area contributed by atoms with E-state index in [0.29, 0.717) is 35.7 Å². The van der Waals surface area contributed by atoms with Gasteiger partial charge in [-0.3, -0.25) is 14.2 Å². The minimum absolute atomic E-state index is 0.130. The van der Waals surface area contributed by atoms with Gasteiger partial charge in [-0.05, 0) is 24.6 Å². The molecule has 0 saturated carbocycles. The van der Waals surface area contributed by atoms with Crippen LogP contribution in [-0.4, -0.2) is 49.7 Å². The highest BCUT2D eigenvalue weighted by Crippen LogP contribution is 2.34. The van der Waals surface area contributed by atoms with Gasteiger partial charge >= 0.3 is 0 Å². The van der Waals surface area contributed by atoms with Crippen molar-refractivity contribution in [3.05, 3.63) is 48.5 Å². The van der Waals surface area contributed by atoms with Crippen molar-refractivity contribution in [2.24, 2.45) is 0 Å². The number of aryl methyl sites for hydroxylation is 1. The second-order valence-corrected chi connectivity index (χ2v) is 6.87. The first kappa shape index (κ1) is 16.8. The van der Waals surface area contributed by atoms with Gasteiger partial charge in [0.25, 0.3) is 0 Å². The molecule has 4 aromatic rings. The molecule has 1 aliphatic heterocycles. The summed E-state index contributed by atoms with van der Waals surface area (Å²) in [5.74, 6) is 1.44. The molecular weight excluding hydrogens is 358 g/mol. The molecular formula is C20H19N5O3. The van der Waals surface area contributed by atoms with E-state index in [-0.39, 0.29) is 11.9 Å². The third-order valence-electron chi connectivity index (χ3n) is 5.03. The van der Waals surface area contributed by atoms with Crippen LogP contribution in [0.15, 0.2) is 43.0 Å². The lowest BCUT2D eigenvalue weighted by molar-refractivity contribution is -0.0286. The van der Waals surface area contributed by atoms with Crippen LogP contribution < -0.4 is 4.74 Å². The average molecular weight is 377 g/mol.